The quantitative estimate of drug-likeness (QED) is 0.839. The van der Waals surface area contributed by atoms with E-state index in [0.29, 0.717) is 12.0 Å². The second-order valence-electron chi connectivity index (χ2n) is 8.13. The Morgan fingerprint density at radius 3 is 2.77 bits per heavy atom. The van der Waals surface area contributed by atoms with E-state index in [1.54, 1.807) is 11.3 Å². The van der Waals surface area contributed by atoms with Gasteiger partial charge in [-0.25, -0.2) is 0 Å². The third kappa shape index (κ3) is 3.34. The molecule has 0 bridgehead atoms. The van der Waals surface area contributed by atoms with Crippen molar-refractivity contribution in [1.29, 1.82) is 0 Å². The van der Waals surface area contributed by atoms with Gasteiger partial charge in [0.05, 0.1) is 6.61 Å². The maximum absolute atomic E-state index is 9.36. The summed E-state index contributed by atoms with van der Waals surface area (Å²) < 4.78 is 0. The van der Waals surface area contributed by atoms with Crippen molar-refractivity contribution in [2.45, 2.75) is 37.8 Å². The fourth-order valence-electron chi connectivity index (χ4n) is 4.79. The van der Waals surface area contributed by atoms with E-state index in [9.17, 15) is 5.11 Å². The number of fused-ring (bicyclic) bond motifs is 1. The molecule has 0 radical (unpaired) electrons. The summed E-state index contributed by atoms with van der Waals surface area (Å²) in [6.45, 7) is 8.62. The fraction of sp³-hybridized carbons (Fsp3) is 0.524. The molecule has 0 amide bonds. The summed E-state index contributed by atoms with van der Waals surface area (Å²) in [5.41, 5.74) is 4.34. The van der Waals surface area contributed by atoms with Crippen LogP contribution in [0.25, 0.3) is 0 Å². The Balaban J connectivity index is 1.63. The monoisotopic (exact) mass is 390 g/mol. The molecule has 2 atom stereocenters. The Bertz CT molecular complexity index is 761. The predicted molar refractivity (Wildman–Crippen MR) is 109 cm³/mol. The van der Waals surface area contributed by atoms with Crippen molar-refractivity contribution in [2.75, 3.05) is 32.8 Å². The van der Waals surface area contributed by atoms with Crippen molar-refractivity contribution < 1.29 is 5.11 Å². The van der Waals surface area contributed by atoms with Crippen LogP contribution in [0.3, 0.4) is 0 Å². The van der Waals surface area contributed by atoms with Crippen LogP contribution in [0.4, 0.5) is 0 Å². The standard InChI is InChI=1S/C21H27ClN2OS/c1-21(2)14-23(6-7-24(21)8-9-25)20-12-18(15-5-10-26-13-15)17-4-3-16(22)11-19(17)20/h3-5,10-11,13,18,20,25H,6-9,12,14H2,1-2H3. The van der Waals surface area contributed by atoms with E-state index in [2.05, 4.69) is 52.6 Å². The van der Waals surface area contributed by atoms with Crippen molar-refractivity contribution in [3.8, 4) is 0 Å². The van der Waals surface area contributed by atoms with Crippen LogP contribution in [0, 0.1) is 0 Å². The Kier molecular flexibility index (Phi) is 5.15. The Morgan fingerprint density at radius 2 is 2.08 bits per heavy atom. The van der Waals surface area contributed by atoms with Gasteiger partial charge in [0.25, 0.3) is 0 Å². The molecular formula is C21H27ClN2OS. The fourth-order valence-corrected chi connectivity index (χ4v) is 5.69. The number of thiophene rings is 1. The normalized spacial score (nSPS) is 26.2. The smallest absolute Gasteiger partial charge is 0.0558 e. The van der Waals surface area contributed by atoms with Crippen molar-refractivity contribution in [3.05, 3.63) is 56.7 Å². The maximum atomic E-state index is 9.36. The van der Waals surface area contributed by atoms with E-state index >= 15 is 0 Å². The van der Waals surface area contributed by atoms with Crippen LogP contribution in [0.15, 0.2) is 35.0 Å². The Hall–Kier alpha value is -0.910. The first-order valence-electron chi connectivity index (χ1n) is 9.41. The number of rotatable bonds is 4. The molecule has 3 nitrogen and oxygen atoms in total. The number of β-amino-alcohol motifs (C(OH)–C–C–N with tert-alkyl or cyclic N) is 1. The van der Waals surface area contributed by atoms with Gasteiger partial charge >= 0.3 is 0 Å². The van der Waals surface area contributed by atoms with Gasteiger partial charge in [-0.2, -0.15) is 11.3 Å². The molecule has 2 unspecified atom stereocenters. The molecule has 1 aromatic carbocycles. The van der Waals surface area contributed by atoms with E-state index < -0.39 is 0 Å². The lowest BCUT2D eigenvalue weighted by Gasteiger charge is -2.49. The number of nitrogens with zero attached hydrogens (tertiary/aromatic N) is 2. The summed E-state index contributed by atoms with van der Waals surface area (Å²) in [7, 11) is 0. The first-order chi connectivity index (χ1) is 12.5. The number of piperazine rings is 1. The number of halogens is 1. The van der Waals surface area contributed by atoms with Crippen LogP contribution in [0.1, 0.15) is 48.9 Å². The maximum Gasteiger partial charge on any atom is 0.0558 e. The molecule has 140 valence electrons. The lowest BCUT2D eigenvalue weighted by atomic mass is 9.94. The van der Waals surface area contributed by atoms with E-state index in [0.717, 1.165) is 37.6 Å². The average molecular weight is 391 g/mol. The van der Waals surface area contributed by atoms with E-state index in [4.69, 9.17) is 11.6 Å². The summed E-state index contributed by atoms with van der Waals surface area (Å²) in [4.78, 5) is 5.04. The number of benzene rings is 1. The summed E-state index contributed by atoms with van der Waals surface area (Å²) in [6, 6.07) is 9.13. The van der Waals surface area contributed by atoms with Crippen molar-refractivity contribution in [3.63, 3.8) is 0 Å². The Morgan fingerprint density at radius 1 is 1.23 bits per heavy atom. The summed E-state index contributed by atoms with van der Waals surface area (Å²) in [6.07, 6.45) is 1.13. The second kappa shape index (κ2) is 7.25. The number of aliphatic hydroxyl groups is 1. The molecule has 26 heavy (non-hydrogen) atoms. The Labute approximate surface area is 165 Å². The van der Waals surface area contributed by atoms with Crippen LogP contribution < -0.4 is 0 Å². The van der Waals surface area contributed by atoms with Gasteiger partial charge in [0.2, 0.25) is 0 Å². The van der Waals surface area contributed by atoms with Gasteiger partial charge in [0.1, 0.15) is 0 Å². The van der Waals surface area contributed by atoms with Gasteiger partial charge in [0.15, 0.2) is 0 Å². The first kappa shape index (κ1) is 18.5. The highest BCUT2D eigenvalue weighted by molar-refractivity contribution is 7.08. The lowest BCUT2D eigenvalue weighted by Crippen LogP contribution is -2.60. The summed E-state index contributed by atoms with van der Waals surface area (Å²) in [5.74, 6) is 0.470. The SMILES string of the molecule is CC1(C)CN(C2CC(c3ccsc3)c3ccc(Cl)cc32)CCN1CCO. The van der Waals surface area contributed by atoms with Gasteiger partial charge in [-0.15, -0.1) is 0 Å². The molecule has 0 spiro atoms. The molecule has 2 heterocycles. The van der Waals surface area contributed by atoms with Gasteiger partial charge in [-0.3, -0.25) is 9.80 Å². The van der Waals surface area contributed by atoms with Gasteiger partial charge in [0, 0.05) is 48.7 Å². The molecule has 1 N–H and O–H groups in total. The minimum Gasteiger partial charge on any atom is -0.395 e. The van der Waals surface area contributed by atoms with Gasteiger partial charge in [-0.05, 0) is 65.9 Å². The lowest BCUT2D eigenvalue weighted by molar-refractivity contribution is -0.00898. The predicted octanol–water partition coefficient (Wildman–Crippen LogP) is 4.37. The molecule has 1 aliphatic heterocycles. The number of hydrogen-bond acceptors (Lipinski definition) is 4. The van der Waals surface area contributed by atoms with Gasteiger partial charge < -0.3 is 5.11 Å². The first-order valence-corrected chi connectivity index (χ1v) is 10.7. The molecule has 4 rings (SSSR count). The highest BCUT2D eigenvalue weighted by atomic mass is 35.5. The zero-order valence-corrected chi connectivity index (χ0v) is 17.1. The number of hydrogen-bond donors (Lipinski definition) is 1. The molecule has 1 aliphatic carbocycles. The zero-order valence-electron chi connectivity index (χ0n) is 15.5. The topological polar surface area (TPSA) is 26.7 Å². The zero-order chi connectivity index (χ0) is 18.3. The van der Waals surface area contributed by atoms with Crippen LogP contribution in [0.2, 0.25) is 5.02 Å². The average Bonchev–Trinajstić information content (AvgIpc) is 3.23. The highest BCUT2D eigenvalue weighted by Gasteiger charge is 2.41. The second-order valence-corrected chi connectivity index (χ2v) is 9.34. The molecule has 1 fully saturated rings. The molecule has 1 aromatic heterocycles. The van der Waals surface area contributed by atoms with Crippen molar-refractivity contribution in [1.82, 2.24) is 9.80 Å². The largest absolute Gasteiger partial charge is 0.395 e. The highest BCUT2D eigenvalue weighted by Crippen LogP contribution is 2.48. The van der Waals surface area contributed by atoms with Gasteiger partial charge in [-0.1, -0.05) is 17.7 Å². The molecule has 2 aliphatic rings. The van der Waals surface area contributed by atoms with Crippen LogP contribution >= 0.6 is 22.9 Å². The third-order valence-electron chi connectivity index (χ3n) is 6.10. The van der Waals surface area contributed by atoms with Crippen LogP contribution in [-0.4, -0.2) is 53.2 Å². The van der Waals surface area contributed by atoms with Crippen LogP contribution in [0.5, 0.6) is 0 Å². The molecule has 0 saturated carbocycles. The molecule has 5 heteroatoms. The van der Waals surface area contributed by atoms with Crippen molar-refractivity contribution in [2.24, 2.45) is 0 Å². The molecule has 1 saturated heterocycles. The van der Waals surface area contributed by atoms with E-state index in [1.165, 1.54) is 16.7 Å². The minimum atomic E-state index is 0.0696. The van der Waals surface area contributed by atoms with Crippen molar-refractivity contribution >= 4 is 22.9 Å². The summed E-state index contributed by atoms with van der Waals surface area (Å²) >= 11 is 8.14. The number of aliphatic hydroxyl groups excluding tert-OH is 1. The van der Waals surface area contributed by atoms with Crippen LogP contribution in [-0.2, 0) is 0 Å². The molecular weight excluding hydrogens is 364 g/mol. The third-order valence-corrected chi connectivity index (χ3v) is 7.04. The van der Waals surface area contributed by atoms with E-state index in [-0.39, 0.29) is 12.1 Å². The minimum absolute atomic E-state index is 0.0696. The van der Waals surface area contributed by atoms with E-state index in [1.807, 2.05) is 6.07 Å². The summed E-state index contributed by atoms with van der Waals surface area (Å²) in [5, 5.41) is 14.7. The molecule has 2 aromatic rings.